The standard InChI is InChI=1S/C7H11N3O/c1-5-6(11)4-8-7(9-5)10(2)3/h4,11H,1-3H3. The zero-order valence-corrected chi connectivity index (χ0v) is 6.87. The van der Waals surface area contributed by atoms with Gasteiger partial charge in [0.05, 0.1) is 11.9 Å². The molecular formula is C7H11N3O. The van der Waals surface area contributed by atoms with E-state index in [9.17, 15) is 0 Å². The predicted molar refractivity (Wildman–Crippen MR) is 42.8 cm³/mol. The van der Waals surface area contributed by atoms with Crippen LogP contribution in [0.5, 0.6) is 5.75 Å². The van der Waals surface area contributed by atoms with Gasteiger partial charge in [0.2, 0.25) is 5.95 Å². The molecule has 1 aromatic heterocycles. The molecule has 1 rings (SSSR count). The van der Waals surface area contributed by atoms with E-state index in [1.54, 1.807) is 11.8 Å². The van der Waals surface area contributed by atoms with Gasteiger partial charge in [-0.05, 0) is 6.92 Å². The summed E-state index contributed by atoms with van der Waals surface area (Å²) >= 11 is 0. The first-order chi connectivity index (χ1) is 5.11. The van der Waals surface area contributed by atoms with Gasteiger partial charge >= 0.3 is 0 Å². The number of anilines is 1. The smallest absolute Gasteiger partial charge is 0.225 e. The molecule has 0 radical (unpaired) electrons. The lowest BCUT2D eigenvalue weighted by molar-refractivity contribution is 0.464. The van der Waals surface area contributed by atoms with Gasteiger partial charge in [-0.15, -0.1) is 0 Å². The molecule has 11 heavy (non-hydrogen) atoms. The van der Waals surface area contributed by atoms with E-state index >= 15 is 0 Å². The van der Waals surface area contributed by atoms with Crippen molar-refractivity contribution in [1.29, 1.82) is 0 Å². The van der Waals surface area contributed by atoms with Gasteiger partial charge < -0.3 is 10.0 Å². The number of hydrogen-bond acceptors (Lipinski definition) is 4. The molecule has 0 bridgehead atoms. The maximum absolute atomic E-state index is 9.08. The van der Waals surface area contributed by atoms with Crippen LogP contribution in [0.3, 0.4) is 0 Å². The van der Waals surface area contributed by atoms with E-state index in [4.69, 9.17) is 5.11 Å². The zero-order chi connectivity index (χ0) is 8.43. The highest BCUT2D eigenvalue weighted by molar-refractivity contribution is 5.32. The molecule has 1 N–H and O–H groups in total. The predicted octanol–water partition coefficient (Wildman–Crippen LogP) is 0.557. The molecule has 0 fully saturated rings. The van der Waals surface area contributed by atoms with Crippen LogP contribution in [-0.2, 0) is 0 Å². The van der Waals surface area contributed by atoms with Crippen molar-refractivity contribution >= 4 is 5.95 Å². The number of nitrogens with zero attached hydrogens (tertiary/aromatic N) is 3. The molecule has 0 unspecified atom stereocenters. The fourth-order valence-electron chi connectivity index (χ4n) is 0.664. The van der Waals surface area contributed by atoms with Crippen LogP contribution in [0.15, 0.2) is 6.20 Å². The molecule has 4 nitrogen and oxygen atoms in total. The van der Waals surface area contributed by atoms with Gasteiger partial charge in [0.1, 0.15) is 0 Å². The van der Waals surface area contributed by atoms with Gasteiger partial charge in [0.25, 0.3) is 0 Å². The summed E-state index contributed by atoms with van der Waals surface area (Å²) in [5.74, 6) is 0.746. The molecule has 4 heteroatoms. The molecule has 0 saturated heterocycles. The maximum atomic E-state index is 9.08. The molecule has 0 spiro atoms. The van der Waals surface area contributed by atoms with Gasteiger partial charge in [-0.1, -0.05) is 0 Å². The summed E-state index contributed by atoms with van der Waals surface area (Å²) in [7, 11) is 3.71. The van der Waals surface area contributed by atoms with E-state index in [2.05, 4.69) is 9.97 Å². The minimum absolute atomic E-state index is 0.135. The first-order valence-electron chi connectivity index (χ1n) is 3.31. The van der Waals surface area contributed by atoms with Gasteiger partial charge in [0, 0.05) is 14.1 Å². The van der Waals surface area contributed by atoms with Crippen LogP contribution < -0.4 is 4.90 Å². The highest BCUT2D eigenvalue weighted by Gasteiger charge is 2.01. The molecule has 0 atom stereocenters. The van der Waals surface area contributed by atoms with Crippen molar-refractivity contribution in [3.8, 4) is 5.75 Å². The second kappa shape index (κ2) is 2.74. The van der Waals surface area contributed by atoms with Crippen molar-refractivity contribution in [2.75, 3.05) is 19.0 Å². The average molecular weight is 153 g/mol. The molecular weight excluding hydrogens is 142 g/mol. The van der Waals surface area contributed by atoms with Gasteiger partial charge in [-0.2, -0.15) is 0 Å². The van der Waals surface area contributed by atoms with Crippen LogP contribution in [0.2, 0.25) is 0 Å². The Balaban J connectivity index is 3.05. The second-order valence-electron chi connectivity index (χ2n) is 2.54. The van der Waals surface area contributed by atoms with Crippen LogP contribution >= 0.6 is 0 Å². The van der Waals surface area contributed by atoms with Gasteiger partial charge in [-0.3, -0.25) is 0 Å². The van der Waals surface area contributed by atoms with E-state index in [-0.39, 0.29) is 5.75 Å². The number of rotatable bonds is 1. The summed E-state index contributed by atoms with van der Waals surface area (Å²) < 4.78 is 0. The van der Waals surface area contributed by atoms with E-state index in [1.165, 1.54) is 6.20 Å². The number of aromatic nitrogens is 2. The first kappa shape index (κ1) is 7.78. The Hall–Kier alpha value is -1.32. The summed E-state index contributed by atoms with van der Waals surface area (Å²) in [4.78, 5) is 9.72. The molecule has 0 aliphatic heterocycles. The van der Waals surface area contributed by atoms with Crippen molar-refractivity contribution in [3.05, 3.63) is 11.9 Å². The number of hydrogen-bond donors (Lipinski definition) is 1. The molecule has 0 amide bonds. The van der Waals surface area contributed by atoms with Crippen LogP contribution in [0.1, 0.15) is 5.69 Å². The normalized spacial score (nSPS) is 9.73. The third-order valence-electron chi connectivity index (χ3n) is 1.34. The fourth-order valence-corrected chi connectivity index (χ4v) is 0.664. The highest BCUT2D eigenvalue weighted by atomic mass is 16.3. The van der Waals surface area contributed by atoms with Crippen LogP contribution in [-0.4, -0.2) is 29.2 Å². The Labute approximate surface area is 65.5 Å². The Morgan fingerprint density at radius 2 is 2.09 bits per heavy atom. The topological polar surface area (TPSA) is 49.2 Å². The molecule has 60 valence electrons. The monoisotopic (exact) mass is 153 g/mol. The minimum Gasteiger partial charge on any atom is -0.504 e. The van der Waals surface area contributed by atoms with Crippen molar-refractivity contribution in [2.24, 2.45) is 0 Å². The largest absolute Gasteiger partial charge is 0.504 e. The van der Waals surface area contributed by atoms with E-state index in [0.717, 1.165) is 0 Å². The number of aromatic hydroxyl groups is 1. The van der Waals surface area contributed by atoms with Crippen LogP contribution in [0, 0.1) is 6.92 Å². The molecule has 0 aromatic carbocycles. The Morgan fingerprint density at radius 3 is 2.55 bits per heavy atom. The van der Waals surface area contributed by atoms with E-state index in [1.807, 2.05) is 14.1 Å². The summed E-state index contributed by atoms with van der Waals surface area (Å²) in [5, 5.41) is 9.08. The van der Waals surface area contributed by atoms with Gasteiger partial charge in [-0.25, -0.2) is 9.97 Å². The molecule has 1 heterocycles. The molecule has 1 aromatic rings. The Bertz CT molecular complexity index is 260. The Kier molecular flexibility index (Phi) is 1.94. The average Bonchev–Trinajstić information content (AvgIpc) is 1.94. The lowest BCUT2D eigenvalue weighted by Gasteiger charge is -2.09. The Morgan fingerprint density at radius 1 is 1.45 bits per heavy atom. The van der Waals surface area contributed by atoms with Crippen molar-refractivity contribution in [3.63, 3.8) is 0 Å². The summed E-state index contributed by atoms with van der Waals surface area (Å²) in [5.41, 5.74) is 0.601. The molecule has 0 saturated carbocycles. The lowest BCUT2D eigenvalue weighted by Crippen LogP contribution is -2.12. The summed E-state index contributed by atoms with van der Waals surface area (Å²) in [6.45, 7) is 1.74. The van der Waals surface area contributed by atoms with Crippen LogP contribution in [0.4, 0.5) is 5.95 Å². The zero-order valence-electron chi connectivity index (χ0n) is 6.87. The van der Waals surface area contributed by atoms with Crippen molar-refractivity contribution in [1.82, 2.24) is 9.97 Å². The number of aryl methyl sites for hydroxylation is 1. The maximum Gasteiger partial charge on any atom is 0.225 e. The van der Waals surface area contributed by atoms with Crippen molar-refractivity contribution in [2.45, 2.75) is 6.92 Å². The highest BCUT2D eigenvalue weighted by Crippen LogP contribution is 2.13. The fraction of sp³-hybridized carbons (Fsp3) is 0.429. The molecule has 0 aliphatic rings. The second-order valence-corrected chi connectivity index (χ2v) is 2.54. The third kappa shape index (κ3) is 1.58. The minimum atomic E-state index is 0.135. The third-order valence-corrected chi connectivity index (χ3v) is 1.34. The summed E-state index contributed by atoms with van der Waals surface area (Å²) in [6.07, 6.45) is 1.40. The SMILES string of the molecule is Cc1nc(N(C)C)ncc1O. The lowest BCUT2D eigenvalue weighted by atomic mass is 10.4. The van der Waals surface area contributed by atoms with E-state index < -0.39 is 0 Å². The van der Waals surface area contributed by atoms with E-state index in [0.29, 0.717) is 11.6 Å². The quantitative estimate of drug-likeness (QED) is 0.640. The van der Waals surface area contributed by atoms with Crippen molar-refractivity contribution < 1.29 is 5.11 Å². The molecule has 0 aliphatic carbocycles. The van der Waals surface area contributed by atoms with Crippen LogP contribution in [0.25, 0.3) is 0 Å². The van der Waals surface area contributed by atoms with Gasteiger partial charge in [0.15, 0.2) is 5.75 Å². The summed E-state index contributed by atoms with van der Waals surface area (Å²) in [6, 6.07) is 0. The first-order valence-corrected chi connectivity index (χ1v) is 3.31.